The van der Waals surface area contributed by atoms with Crippen LogP contribution in [-0.2, 0) is 9.53 Å². The lowest BCUT2D eigenvalue weighted by Gasteiger charge is -2.36. The maximum absolute atomic E-state index is 12.9. The molecule has 1 unspecified atom stereocenters. The van der Waals surface area contributed by atoms with Crippen LogP contribution < -0.4 is 10.2 Å². The van der Waals surface area contributed by atoms with Crippen LogP contribution in [0.1, 0.15) is 44.6 Å². The second-order valence-electron chi connectivity index (χ2n) is 9.76. The predicted molar refractivity (Wildman–Crippen MR) is 137 cm³/mol. The number of nitrogens with one attached hydrogen (secondary N) is 1. The second kappa shape index (κ2) is 11.2. The molecule has 2 aromatic rings. The number of amides is 1. The van der Waals surface area contributed by atoms with Crippen LogP contribution >= 0.6 is 0 Å². The molecule has 186 valence electrons. The van der Waals surface area contributed by atoms with E-state index in [0.717, 1.165) is 29.4 Å². The molecule has 1 aliphatic carbocycles. The Kier molecular flexibility index (Phi) is 8.07. The van der Waals surface area contributed by atoms with Crippen LogP contribution in [0, 0.1) is 17.2 Å². The van der Waals surface area contributed by atoms with E-state index in [9.17, 15) is 20.3 Å². The minimum absolute atomic E-state index is 0.0583. The Morgan fingerprint density at radius 1 is 1.09 bits per heavy atom. The van der Waals surface area contributed by atoms with Crippen molar-refractivity contribution >= 4 is 27.9 Å². The molecule has 2 fully saturated rings. The maximum atomic E-state index is 12.9. The highest BCUT2D eigenvalue weighted by atomic mass is 16.5. The van der Waals surface area contributed by atoms with Gasteiger partial charge in [-0.3, -0.25) is 4.79 Å². The van der Waals surface area contributed by atoms with E-state index in [1.54, 1.807) is 6.92 Å². The molecule has 0 bridgehead atoms. The molecular formula is C28H35N3O4. The topological polar surface area (TPSA) is 106 Å². The summed E-state index contributed by atoms with van der Waals surface area (Å²) in [7, 11) is 1.53. The highest BCUT2D eigenvalue weighted by Gasteiger charge is 2.35. The van der Waals surface area contributed by atoms with Gasteiger partial charge in [-0.25, -0.2) is 0 Å². The number of fused-ring (bicyclic) bond motifs is 1. The normalized spacial score (nSPS) is 25.6. The largest absolute Gasteiger partial charge is 0.393 e. The third-order valence-corrected chi connectivity index (χ3v) is 7.51. The molecule has 4 atom stereocenters. The lowest BCUT2D eigenvalue weighted by Crippen LogP contribution is -2.47. The van der Waals surface area contributed by atoms with Crippen LogP contribution in [0.3, 0.4) is 0 Å². The summed E-state index contributed by atoms with van der Waals surface area (Å²) in [6, 6.07) is 14.5. The fourth-order valence-electron chi connectivity index (χ4n) is 5.25. The zero-order valence-electron chi connectivity index (χ0n) is 20.5. The minimum Gasteiger partial charge on any atom is -0.393 e. The summed E-state index contributed by atoms with van der Waals surface area (Å²) in [6.07, 6.45) is 2.57. The molecule has 1 aliphatic heterocycles. The van der Waals surface area contributed by atoms with Gasteiger partial charge in [0.05, 0.1) is 18.3 Å². The van der Waals surface area contributed by atoms with E-state index in [1.807, 2.05) is 18.2 Å². The number of nitrogens with zero attached hydrogens (tertiary/aromatic N) is 2. The van der Waals surface area contributed by atoms with Gasteiger partial charge >= 0.3 is 0 Å². The molecule has 35 heavy (non-hydrogen) atoms. The van der Waals surface area contributed by atoms with Crippen LogP contribution in [0.2, 0.25) is 0 Å². The van der Waals surface area contributed by atoms with E-state index >= 15 is 0 Å². The van der Waals surface area contributed by atoms with Gasteiger partial charge in [0.2, 0.25) is 0 Å². The van der Waals surface area contributed by atoms with Crippen molar-refractivity contribution in [1.82, 2.24) is 5.32 Å². The van der Waals surface area contributed by atoms with Gasteiger partial charge in [0.15, 0.2) is 0 Å². The van der Waals surface area contributed by atoms with Crippen molar-refractivity contribution in [2.45, 2.75) is 57.3 Å². The molecule has 2 aromatic carbocycles. The third kappa shape index (κ3) is 5.67. The van der Waals surface area contributed by atoms with E-state index in [-0.39, 0.29) is 30.6 Å². The first kappa shape index (κ1) is 25.2. The molecule has 7 heteroatoms. The lowest BCUT2D eigenvalue weighted by atomic mass is 9.82. The number of benzene rings is 2. The number of aliphatic hydroxyl groups is 2. The van der Waals surface area contributed by atoms with Crippen molar-refractivity contribution in [2.75, 3.05) is 31.6 Å². The van der Waals surface area contributed by atoms with Gasteiger partial charge < -0.3 is 25.2 Å². The summed E-state index contributed by atoms with van der Waals surface area (Å²) >= 11 is 0. The zero-order chi connectivity index (χ0) is 24.9. The quantitative estimate of drug-likeness (QED) is 0.435. The van der Waals surface area contributed by atoms with Crippen LogP contribution in [0.4, 0.5) is 5.69 Å². The average molecular weight is 478 g/mol. The number of allylic oxidation sites excluding steroid dienone is 1. The molecule has 1 saturated carbocycles. The molecule has 0 aromatic heterocycles. The number of hydrogen-bond acceptors (Lipinski definition) is 6. The van der Waals surface area contributed by atoms with Gasteiger partial charge in [0.1, 0.15) is 11.6 Å². The van der Waals surface area contributed by atoms with Gasteiger partial charge in [0.25, 0.3) is 5.91 Å². The number of anilines is 1. The van der Waals surface area contributed by atoms with Crippen molar-refractivity contribution in [3.05, 3.63) is 47.5 Å². The SMILES string of the molecule is CO[C@H]1CC(CNC(=O)/C(C#N)=C(\C)c2ccc3cc(N4CCCCC4)ccc3c2)[C@@H](O)C[C@H]1O. The maximum Gasteiger partial charge on any atom is 0.262 e. The number of piperidine rings is 1. The van der Waals surface area contributed by atoms with Gasteiger partial charge in [-0.15, -0.1) is 0 Å². The van der Waals surface area contributed by atoms with Gasteiger partial charge in [-0.05, 0) is 72.7 Å². The van der Waals surface area contributed by atoms with Gasteiger partial charge in [-0.2, -0.15) is 5.26 Å². The monoisotopic (exact) mass is 477 g/mol. The standard InChI is InChI=1S/C28H35N3O4/c1-18(24(16-29)28(34)30-17-22-14-27(35-2)26(33)15-25(22)32)19-6-7-21-13-23(9-8-20(21)12-19)31-10-4-3-5-11-31/h6-9,12-13,22,25-27,32-33H,3-5,10-11,14-15,17H2,1-2H3,(H,30,34)/b24-18+/t22?,25-,26+,27-/m0/s1. The Bertz CT molecular complexity index is 1130. The molecule has 3 N–H and O–H groups in total. The molecule has 7 nitrogen and oxygen atoms in total. The van der Waals surface area contributed by atoms with E-state index in [0.29, 0.717) is 12.0 Å². The van der Waals surface area contributed by atoms with E-state index in [1.165, 1.54) is 32.1 Å². The van der Waals surface area contributed by atoms with Crippen molar-refractivity contribution < 1.29 is 19.7 Å². The van der Waals surface area contributed by atoms with Crippen molar-refractivity contribution in [3.63, 3.8) is 0 Å². The smallest absolute Gasteiger partial charge is 0.262 e. The molecule has 4 rings (SSSR count). The van der Waals surface area contributed by atoms with Crippen LogP contribution in [0.25, 0.3) is 16.3 Å². The highest BCUT2D eigenvalue weighted by Crippen LogP contribution is 2.29. The fourth-order valence-corrected chi connectivity index (χ4v) is 5.25. The van der Waals surface area contributed by atoms with E-state index < -0.39 is 18.1 Å². The van der Waals surface area contributed by atoms with Gasteiger partial charge in [-0.1, -0.05) is 18.2 Å². The summed E-state index contributed by atoms with van der Waals surface area (Å²) in [4.78, 5) is 15.3. The molecule has 2 aliphatic rings. The first-order valence-corrected chi connectivity index (χ1v) is 12.5. The molecule has 0 spiro atoms. The second-order valence-corrected chi connectivity index (χ2v) is 9.76. The molecule has 1 amide bonds. The van der Waals surface area contributed by atoms with E-state index in [2.05, 4.69) is 34.5 Å². The number of methoxy groups -OCH3 is 1. The fraction of sp³-hybridized carbons (Fsp3) is 0.500. The third-order valence-electron chi connectivity index (χ3n) is 7.51. The van der Waals surface area contributed by atoms with Crippen molar-refractivity contribution in [3.8, 4) is 6.07 Å². The summed E-state index contributed by atoms with van der Waals surface area (Å²) in [5.41, 5.74) is 2.74. The molecular weight excluding hydrogens is 442 g/mol. The zero-order valence-corrected chi connectivity index (χ0v) is 20.5. The Hall–Kier alpha value is -2.92. The Morgan fingerprint density at radius 3 is 2.51 bits per heavy atom. The summed E-state index contributed by atoms with van der Waals surface area (Å²) in [5.74, 6) is -0.708. The number of ether oxygens (including phenoxy) is 1. The van der Waals surface area contributed by atoms with Crippen LogP contribution in [-0.4, -0.2) is 61.2 Å². The van der Waals surface area contributed by atoms with Gasteiger partial charge in [0, 0.05) is 44.8 Å². The number of nitriles is 1. The first-order valence-electron chi connectivity index (χ1n) is 12.5. The number of hydrogen-bond donors (Lipinski definition) is 3. The first-order chi connectivity index (χ1) is 16.9. The summed E-state index contributed by atoms with van der Waals surface area (Å²) < 4.78 is 5.29. The van der Waals surface area contributed by atoms with Crippen molar-refractivity contribution in [2.24, 2.45) is 5.92 Å². The highest BCUT2D eigenvalue weighted by molar-refractivity contribution is 6.05. The summed E-state index contributed by atoms with van der Waals surface area (Å²) in [6.45, 7) is 4.18. The molecule has 0 radical (unpaired) electrons. The lowest BCUT2D eigenvalue weighted by molar-refractivity contribution is -0.118. The Balaban J connectivity index is 1.48. The number of carbonyl (C=O) groups is 1. The predicted octanol–water partition coefficient (Wildman–Crippen LogP) is 3.39. The molecule has 1 saturated heterocycles. The van der Waals surface area contributed by atoms with Crippen molar-refractivity contribution in [1.29, 1.82) is 5.26 Å². The Morgan fingerprint density at radius 2 is 1.80 bits per heavy atom. The van der Waals surface area contributed by atoms with E-state index in [4.69, 9.17) is 4.74 Å². The van der Waals surface area contributed by atoms with Crippen LogP contribution in [0.5, 0.6) is 0 Å². The Labute approximate surface area is 207 Å². The number of rotatable bonds is 6. The van der Waals surface area contributed by atoms with Crippen LogP contribution in [0.15, 0.2) is 42.0 Å². The molecule has 1 heterocycles. The summed E-state index contributed by atoms with van der Waals surface area (Å²) in [5, 5.41) is 35.0. The number of aliphatic hydroxyl groups excluding tert-OH is 2. The minimum atomic E-state index is -0.734. The number of carbonyl (C=O) groups excluding carboxylic acids is 1. The average Bonchev–Trinajstić information content (AvgIpc) is 2.88.